The highest BCUT2D eigenvalue weighted by molar-refractivity contribution is 6.35. The van der Waals surface area contributed by atoms with E-state index < -0.39 is 107 Å². The number of nitrogens with zero attached hydrogens (tertiary/aromatic N) is 3. The Kier molecular flexibility index (Phi) is 27.1. The number of carbonyl (C=O) groups excluding carboxylic acids is 9. The Morgan fingerprint density at radius 3 is 2.31 bits per heavy atom. The summed E-state index contributed by atoms with van der Waals surface area (Å²) in [5, 5.41) is 32.0. The van der Waals surface area contributed by atoms with Crippen LogP contribution in [0.25, 0.3) is 0 Å². The van der Waals surface area contributed by atoms with Gasteiger partial charge in [-0.2, -0.15) is 13.2 Å². The molecule has 4 aliphatic heterocycles. The lowest BCUT2D eigenvalue weighted by Crippen LogP contribution is -2.56. The van der Waals surface area contributed by atoms with E-state index in [-0.39, 0.29) is 63.3 Å². The van der Waals surface area contributed by atoms with E-state index in [1.54, 1.807) is 19.1 Å². The lowest BCUT2D eigenvalue weighted by Gasteiger charge is -2.36. The van der Waals surface area contributed by atoms with Crippen molar-refractivity contribution >= 4 is 82.4 Å². The van der Waals surface area contributed by atoms with E-state index in [1.165, 1.54) is 25.5 Å². The first-order valence-corrected chi connectivity index (χ1v) is 28.4. The first-order chi connectivity index (χ1) is 40.5. The molecule has 4 heterocycles. The van der Waals surface area contributed by atoms with Gasteiger partial charge < -0.3 is 61.2 Å². The van der Waals surface area contributed by atoms with Gasteiger partial charge in [0, 0.05) is 77.0 Å². The smallest absolute Gasteiger partial charge is 0.418 e. The second-order valence-electron chi connectivity index (χ2n) is 21.0. The maximum absolute atomic E-state index is 14.0. The van der Waals surface area contributed by atoms with Crippen molar-refractivity contribution < 1.29 is 85.5 Å². The molecule has 28 heteroatoms. The fourth-order valence-electron chi connectivity index (χ4n) is 9.05. The lowest BCUT2D eigenvalue weighted by molar-refractivity contribution is -0.141. The molecule has 2 fully saturated rings. The van der Waals surface area contributed by atoms with Crippen molar-refractivity contribution in [2.24, 2.45) is 5.73 Å². The van der Waals surface area contributed by atoms with Crippen LogP contribution in [0.3, 0.4) is 0 Å². The number of nitrogens with one attached hydrogen (secondary N) is 5. The lowest BCUT2D eigenvalue weighted by atomic mass is 9.96. The Labute approximate surface area is 501 Å². The fourth-order valence-corrected chi connectivity index (χ4v) is 9.36. The number of primary amides is 1. The van der Waals surface area contributed by atoms with Crippen LogP contribution in [0.5, 0.6) is 5.75 Å². The largest absolute Gasteiger partial charge is 0.495 e. The summed E-state index contributed by atoms with van der Waals surface area (Å²) in [7, 11) is 4.37. The molecule has 2 saturated heterocycles. The Balaban J connectivity index is 0.000000371. The fraction of sp³-hybridized carbons (Fsp3) is 0.517. The maximum atomic E-state index is 14.0. The molecule has 6 atom stereocenters. The van der Waals surface area contributed by atoms with Gasteiger partial charge in [0.25, 0.3) is 17.7 Å². The van der Waals surface area contributed by atoms with Crippen LogP contribution in [-0.2, 0) is 55.6 Å². The highest BCUT2D eigenvalue weighted by Crippen LogP contribution is 2.39. The number of benzene rings is 2. The first-order valence-electron chi connectivity index (χ1n) is 28.0. The van der Waals surface area contributed by atoms with E-state index in [0.717, 1.165) is 40.1 Å². The molecule has 0 aliphatic carbocycles. The monoisotopic (exact) mass is 1230 g/mol. The van der Waals surface area contributed by atoms with Crippen molar-refractivity contribution in [2.75, 3.05) is 51.1 Å². The molecule has 4 bridgehead atoms. The number of aliphatic carboxylic acids is 1. The third-order valence-corrected chi connectivity index (χ3v) is 14.2. The summed E-state index contributed by atoms with van der Waals surface area (Å²) in [4.78, 5) is 124. The molecule has 24 nitrogen and oxygen atoms in total. The van der Waals surface area contributed by atoms with Gasteiger partial charge in [0.05, 0.1) is 42.8 Å². The molecule has 4 aliphatic rings. The average Bonchev–Trinajstić information content (AvgIpc) is 1.53. The number of alkyl carbamates (subject to hydrolysis) is 1. The van der Waals surface area contributed by atoms with Gasteiger partial charge in [-0.25, -0.2) is 14.4 Å². The second-order valence-corrected chi connectivity index (χ2v) is 21.3. The quantitative estimate of drug-likeness (QED) is 0.0453. The number of amides is 10. The standard InChI is InChI=1S/C30H38F3N7O9.C25H31ClN2O6.C3H8/c1-17(28(47)48)39(2)27(46)18-9-10-20(19(15-18)30(31,32)33)38-26(45)21(7-6-13-35-29(34)49)37-23(42)16-36-22(41)8-4-3-5-14-40-24(43)11-12-25(40)44;1-15-6-4-5-9-25(31)14-17(33-24(30)27-25)13-20-19(34-20)7-8-22(29)28(2)18-11-16(10-15)12-21(32-3)23(18)26;1-3-2/h9-12,15,17,21H,3-8,13-14,16H2,1-2H3,(H,36,41)(H,37,42)(H,38,45)(H,47,48)(H3,34,35,49);4-6,11-12,17,19-20,31H,7-10,13-14H2,1-3H3,(H,27,30);3H2,1-2H3/b;5-4+,15-6+;/t17-,21?;17?,19?,20?,25-;/m01./s1. The van der Waals surface area contributed by atoms with Crippen molar-refractivity contribution in [3.05, 3.63) is 88.0 Å². The van der Waals surface area contributed by atoms with Crippen molar-refractivity contribution in [3.8, 4) is 5.75 Å². The number of carboxylic acids is 1. The van der Waals surface area contributed by atoms with Gasteiger partial charge in [-0.3, -0.25) is 43.8 Å². The van der Waals surface area contributed by atoms with Crippen LogP contribution in [0.4, 0.5) is 34.1 Å². The summed E-state index contributed by atoms with van der Waals surface area (Å²) < 4.78 is 58.6. The molecule has 2 aromatic rings. The predicted octanol–water partition coefficient (Wildman–Crippen LogP) is 6.03. The minimum atomic E-state index is -5.06. The van der Waals surface area contributed by atoms with E-state index >= 15 is 0 Å². The van der Waals surface area contributed by atoms with Crippen LogP contribution in [0.2, 0.25) is 5.02 Å². The van der Waals surface area contributed by atoms with E-state index in [1.807, 2.05) is 37.3 Å². The zero-order valence-electron chi connectivity index (χ0n) is 49.1. The van der Waals surface area contributed by atoms with Gasteiger partial charge in [-0.05, 0) is 88.3 Å². The third-order valence-electron chi connectivity index (χ3n) is 13.8. The molecule has 472 valence electrons. The first kappa shape index (κ1) is 70.4. The Bertz CT molecular complexity index is 2890. The number of carboxylic acid groups (broad SMARTS) is 1. The van der Waals surface area contributed by atoms with Crippen LogP contribution in [0.1, 0.15) is 126 Å². The summed E-state index contributed by atoms with van der Waals surface area (Å²) in [5.74, 6) is -5.21. The number of carbonyl (C=O) groups is 10. The van der Waals surface area contributed by atoms with Gasteiger partial charge >= 0.3 is 24.3 Å². The molecule has 9 N–H and O–H groups in total. The number of alkyl halides is 3. The number of nitrogens with two attached hydrogens (primary N) is 1. The number of anilines is 2. The highest BCUT2D eigenvalue weighted by atomic mass is 35.5. The SMILES string of the molecule is CCC.COc1cc2cc(c1Cl)N(C)C(=O)CCC1OC1CC1C[C@](O)(C/C=C/C=C(\C)C2)NC(=O)O1.C[C@@H](C(=O)O)N(C)C(=O)c1ccc(NC(=O)C(CCCNC(N)=O)NC(=O)CNC(=O)CCCCCN2C(=O)C=CC2=O)c(C(F)(F)F)c1. The van der Waals surface area contributed by atoms with E-state index in [4.69, 9.17) is 36.7 Å². The number of methoxy groups -OCH3 is 1. The van der Waals surface area contributed by atoms with E-state index in [9.17, 15) is 66.2 Å². The van der Waals surface area contributed by atoms with Gasteiger partial charge in [-0.15, -0.1) is 0 Å². The van der Waals surface area contributed by atoms with E-state index in [2.05, 4.69) is 40.4 Å². The number of aliphatic hydroxyl groups is 1. The summed E-state index contributed by atoms with van der Waals surface area (Å²) in [6, 6.07) is 2.39. The van der Waals surface area contributed by atoms with Gasteiger partial charge in [0.2, 0.25) is 23.6 Å². The number of likely N-dealkylation sites (N-methyl/N-ethyl adjacent to an activating group) is 1. The number of fused-ring (bicyclic) bond motifs is 5. The van der Waals surface area contributed by atoms with Crippen LogP contribution >= 0.6 is 11.6 Å². The zero-order chi connectivity index (χ0) is 64.1. The molecule has 0 radical (unpaired) electrons. The number of rotatable bonds is 19. The maximum Gasteiger partial charge on any atom is 0.418 e. The molecule has 86 heavy (non-hydrogen) atoms. The minimum Gasteiger partial charge on any atom is -0.495 e. The summed E-state index contributed by atoms with van der Waals surface area (Å²) in [6.07, 6.45) is 6.64. The van der Waals surface area contributed by atoms with Crippen molar-refractivity contribution in [2.45, 2.75) is 153 Å². The molecule has 2 aromatic carbocycles. The normalized spacial score (nSPS) is 20.9. The Morgan fingerprint density at radius 1 is 0.988 bits per heavy atom. The Morgan fingerprint density at radius 2 is 1.67 bits per heavy atom. The summed E-state index contributed by atoms with van der Waals surface area (Å²) >= 11 is 6.54. The van der Waals surface area contributed by atoms with Crippen LogP contribution in [0, 0.1) is 0 Å². The number of allylic oxidation sites excluding steroid dienone is 3. The van der Waals surface area contributed by atoms with Crippen molar-refractivity contribution in [1.82, 2.24) is 31.1 Å². The third kappa shape index (κ3) is 22.1. The van der Waals surface area contributed by atoms with Crippen LogP contribution in [-0.4, -0.2) is 156 Å². The Hall–Kier alpha value is -8.04. The van der Waals surface area contributed by atoms with Crippen LogP contribution in [0.15, 0.2) is 66.3 Å². The molecule has 6 rings (SSSR count). The van der Waals surface area contributed by atoms with Gasteiger partial charge in [0.15, 0.2) is 0 Å². The predicted molar refractivity (Wildman–Crippen MR) is 309 cm³/mol. The molecule has 10 amide bonds. The molecular weight excluding hydrogens is 1160 g/mol. The number of imide groups is 1. The minimum absolute atomic E-state index is 0.0137. The molecule has 0 saturated carbocycles. The van der Waals surface area contributed by atoms with E-state index in [0.29, 0.717) is 67.5 Å². The molecule has 4 unspecified atom stereocenters. The number of hydrogen-bond acceptors (Lipinski definition) is 14. The van der Waals surface area contributed by atoms with Gasteiger partial charge in [-0.1, -0.05) is 62.1 Å². The number of urea groups is 1. The number of epoxide rings is 1. The molecule has 0 spiro atoms. The number of halogens is 4. The molecule has 0 aromatic heterocycles. The summed E-state index contributed by atoms with van der Waals surface area (Å²) in [5.41, 5.74) is 3.62. The second kappa shape index (κ2) is 33.0. The molecular formula is C58H77ClF3N9O15. The van der Waals surface area contributed by atoms with Crippen LogP contribution < -0.4 is 42.0 Å². The average molecular weight is 1230 g/mol. The number of hydrogen-bond donors (Lipinski definition) is 8. The van der Waals surface area contributed by atoms with Gasteiger partial charge in [0.1, 0.15) is 34.7 Å². The number of unbranched alkanes of at least 4 members (excludes halogenated alkanes) is 2. The zero-order valence-corrected chi connectivity index (χ0v) is 49.9. The topological polar surface area (TPSA) is 338 Å². The summed E-state index contributed by atoms with van der Waals surface area (Å²) in [6.45, 7) is 7.01. The van der Waals surface area contributed by atoms with Crippen molar-refractivity contribution in [3.63, 3.8) is 0 Å². The van der Waals surface area contributed by atoms with Crippen molar-refractivity contribution in [1.29, 1.82) is 0 Å². The number of ether oxygens (including phenoxy) is 3. The highest BCUT2D eigenvalue weighted by Gasteiger charge is 2.46.